The van der Waals surface area contributed by atoms with Gasteiger partial charge in [0.15, 0.2) is 18.1 Å². The van der Waals surface area contributed by atoms with Crippen molar-refractivity contribution in [2.24, 2.45) is 0 Å². The summed E-state index contributed by atoms with van der Waals surface area (Å²) in [4.78, 5) is 22.6. The van der Waals surface area contributed by atoms with E-state index >= 15 is 0 Å². The van der Waals surface area contributed by atoms with E-state index in [1.54, 1.807) is 30.3 Å². The molecule has 1 heterocycles. The number of carbonyl (C=O) groups is 1. The molecule has 27 heavy (non-hydrogen) atoms. The van der Waals surface area contributed by atoms with E-state index in [2.05, 4.69) is 16.2 Å². The normalized spacial score (nSPS) is 18.7. The molecule has 2 aromatic carbocycles. The molecule has 3 rings (SSSR count). The highest BCUT2D eigenvalue weighted by Crippen LogP contribution is 2.26. The van der Waals surface area contributed by atoms with Crippen molar-refractivity contribution >= 4 is 11.6 Å². The van der Waals surface area contributed by atoms with E-state index in [1.807, 2.05) is 6.07 Å². The third-order valence-electron chi connectivity index (χ3n) is 4.15. The molecule has 1 saturated heterocycles. The van der Waals surface area contributed by atoms with Crippen LogP contribution in [0.4, 0.5) is 5.69 Å². The summed E-state index contributed by atoms with van der Waals surface area (Å²) in [5.74, 6) is 0.749. The van der Waals surface area contributed by atoms with E-state index in [1.165, 1.54) is 19.2 Å². The number of hydrazine groups is 1. The molecule has 1 aliphatic rings. The second-order valence-corrected chi connectivity index (χ2v) is 5.99. The number of ether oxygens (including phenoxy) is 2. The summed E-state index contributed by atoms with van der Waals surface area (Å²) >= 11 is 0. The molecular weight excluding hydrogens is 352 g/mol. The lowest BCUT2D eigenvalue weighted by atomic mass is 10.0. The van der Waals surface area contributed by atoms with Crippen molar-refractivity contribution in [3.63, 3.8) is 0 Å². The number of non-ortho nitro benzene ring substituents is 1. The van der Waals surface area contributed by atoms with Crippen LogP contribution in [0.15, 0.2) is 48.5 Å². The van der Waals surface area contributed by atoms with Gasteiger partial charge in [0.1, 0.15) is 0 Å². The number of rotatable bonds is 7. The van der Waals surface area contributed by atoms with Gasteiger partial charge in [0.2, 0.25) is 0 Å². The Bertz CT molecular complexity index is 829. The van der Waals surface area contributed by atoms with Gasteiger partial charge in [-0.15, -0.1) is 0 Å². The fourth-order valence-corrected chi connectivity index (χ4v) is 2.84. The molecule has 2 unspecified atom stereocenters. The molecule has 2 atom stereocenters. The third kappa shape index (κ3) is 4.72. The Kier molecular flexibility index (Phi) is 5.84. The van der Waals surface area contributed by atoms with E-state index in [0.29, 0.717) is 17.9 Å². The van der Waals surface area contributed by atoms with E-state index in [9.17, 15) is 14.9 Å². The Labute approximate surface area is 155 Å². The van der Waals surface area contributed by atoms with Gasteiger partial charge in [0, 0.05) is 24.6 Å². The number of carbonyl (C=O) groups excluding carboxylic acids is 1. The fourth-order valence-electron chi connectivity index (χ4n) is 2.84. The summed E-state index contributed by atoms with van der Waals surface area (Å²) in [6.07, 6.45) is 0.227. The van der Waals surface area contributed by atoms with Crippen LogP contribution < -0.4 is 25.6 Å². The zero-order valence-electron chi connectivity index (χ0n) is 14.7. The Morgan fingerprint density at radius 1 is 1.22 bits per heavy atom. The first-order valence-electron chi connectivity index (χ1n) is 8.37. The number of nitro benzene ring substituents is 1. The number of amides is 1. The molecule has 0 aromatic heterocycles. The van der Waals surface area contributed by atoms with Crippen molar-refractivity contribution in [1.29, 1.82) is 0 Å². The number of methoxy groups -OCH3 is 1. The molecule has 3 N–H and O–H groups in total. The molecule has 0 bridgehead atoms. The molecule has 2 aromatic rings. The average Bonchev–Trinajstić information content (AvgIpc) is 3.15. The highest BCUT2D eigenvalue weighted by molar-refractivity contribution is 5.77. The van der Waals surface area contributed by atoms with Crippen molar-refractivity contribution in [2.75, 3.05) is 13.7 Å². The smallest absolute Gasteiger partial charge is 0.269 e. The maximum absolute atomic E-state index is 12.1. The highest BCUT2D eigenvalue weighted by Gasteiger charge is 2.27. The van der Waals surface area contributed by atoms with Crippen LogP contribution in [0.1, 0.15) is 18.0 Å². The molecule has 0 spiro atoms. The number of hydrogen-bond acceptors (Lipinski definition) is 7. The van der Waals surface area contributed by atoms with E-state index < -0.39 is 4.92 Å². The standard InChI is InChI=1S/C18H20N4O5/c1-26-15-7-2-3-8-16(15)27-11-18(23)19-17-10-14(20-21-17)12-5-4-6-13(9-12)22(24)25/h2-9,14,17,20-21H,10-11H2,1H3,(H,19,23). The lowest BCUT2D eigenvalue weighted by molar-refractivity contribution is -0.384. The van der Waals surface area contributed by atoms with Gasteiger partial charge < -0.3 is 14.8 Å². The van der Waals surface area contributed by atoms with Crippen LogP contribution in [-0.2, 0) is 4.79 Å². The Morgan fingerprint density at radius 3 is 2.74 bits per heavy atom. The van der Waals surface area contributed by atoms with Crippen molar-refractivity contribution < 1.29 is 19.2 Å². The predicted octanol–water partition coefficient (Wildman–Crippen LogP) is 1.66. The lowest BCUT2D eigenvalue weighted by Gasteiger charge is -2.14. The number of benzene rings is 2. The largest absolute Gasteiger partial charge is 0.493 e. The van der Waals surface area contributed by atoms with Crippen molar-refractivity contribution in [3.8, 4) is 11.5 Å². The fraction of sp³-hybridized carbons (Fsp3) is 0.278. The second kappa shape index (κ2) is 8.47. The summed E-state index contributed by atoms with van der Waals surface area (Å²) in [6, 6.07) is 13.3. The molecule has 1 amide bonds. The van der Waals surface area contributed by atoms with E-state index in [0.717, 1.165) is 5.56 Å². The van der Waals surface area contributed by atoms with Crippen LogP contribution in [-0.4, -0.2) is 30.7 Å². The van der Waals surface area contributed by atoms with Crippen molar-refractivity contribution in [2.45, 2.75) is 18.6 Å². The maximum atomic E-state index is 12.1. The first-order chi connectivity index (χ1) is 13.1. The van der Waals surface area contributed by atoms with Crippen LogP contribution >= 0.6 is 0 Å². The summed E-state index contributed by atoms with van der Waals surface area (Å²) < 4.78 is 10.7. The van der Waals surface area contributed by atoms with Crippen LogP contribution in [0.5, 0.6) is 11.5 Å². The summed E-state index contributed by atoms with van der Waals surface area (Å²) in [7, 11) is 1.53. The van der Waals surface area contributed by atoms with Gasteiger partial charge in [0.25, 0.3) is 11.6 Å². The van der Waals surface area contributed by atoms with E-state index in [4.69, 9.17) is 9.47 Å². The molecule has 0 saturated carbocycles. The third-order valence-corrected chi connectivity index (χ3v) is 4.15. The minimum Gasteiger partial charge on any atom is -0.493 e. The van der Waals surface area contributed by atoms with Gasteiger partial charge in [0.05, 0.1) is 18.2 Å². The van der Waals surface area contributed by atoms with Crippen molar-refractivity contribution in [1.82, 2.24) is 16.2 Å². The van der Waals surface area contributed by atoms with Gasteiger partial charge in [-0.1, -0.05) is 24.3 Å². The first kappa shape index (κ1) is 18.6. The monoisotopic (exact) mass is 372 g/mol. The maximum Gasteiger partial charge on any atom is 0.269 e. The van der Waals surface area contributed by atoms with Gasteiger partial charge in [-0.3, -0.25) is 14.9 Å². The Balaban J connectivity index is 1.51. The number of nitro groups is 1. The Morgan fingerprint density at radius 2 is 2.00 bits per heavy atom. The molecule has 9 nitrogen and oxygen atoms in total. The van der Waals surface area contributed by atoms with Crippen molar-refractivity contribution in [3.05, 3.63) is 64.2 Å². The molecule has 9 heteroatoms. The van der Waals surface area contributed by atoms with Crippen LogP contribution in [0, 0.1) is 10.1 Å². The number of nitrogens with one attached hydrogen (secondary N) is 3. The summed E-state index contributed by atoms with van der Waals surface area (Å²) in [6.45, 7) is -0.153. The summed E-state index contributed by atoms with van der Waals surface area (Å²) in [5.41, 5.74) is 6.82. The molecule has 1 fully saturated rings. The van der Waals surface area contributed by atoms with Crippen LogP contribution in [0.25, 0.3) is 0 Å². The average molecular weight is 372 g/mol. The first-order valence-corrected chi connectivity index (χ1v) is 8.37. The molecule has 0 aliphatic carbocycles. The van der Waals surface area contributed by atoms with Gasteiger partial charge in [-0.05, 0) is 17.7 Å². The lowest BCUT2D eigenvalue weighted by Crippen LogP contribution is -2.45. The molecule has 0 radical (unpaired) electrons. The van der Waals surface area contributed by atoms with Crippen LogP contribution in [0.2, 0.25) is 0 Å². The molecule has 1 aliphatic heterocycles. The van der Waals surface area contributed by atoms with Gasteiger partial charge >= 0.3 is 0 Å². The molecule has 142 valence electrons. The number of hydrogen-bond donors (Lipinski definition) is 3. The van der Waals surface area contributed by atoms with E-state index in [-0.39, 0.29) is 30.4 Å². The van der Waals surface area contributed by atoms with Gasteiger partial charge in [-0.2, -0.15) is 0 Å². The van der Waals surface area contributed by atoms with Gasteiger partial charge in [-0.25, -0.2) is 10.9 Å². The summed E-state index contributed by atoms with van der Waals surface area (Å²) in [5, 5.41) is 13.7. The van der Waals surface area contributed by atoms with Crippen LogP contribution in [0.3, 0.4) is 0 Å². The number of nitrogens with zero attached hydrogens (tertiary/aromatic N) is 1. The zero-order chi connectivity index (χ0) is 19.2. The molecular formula is C18H20N4O5. The minimum absolute atomic E-state index is 0.0343. The minimum atomic E-state index is -0.430. The topological polar surface area (TPSA) is 115 Å². The second-order valence-electron chi connectivity index (χ2n) is 5.99. The number of para-hydroxylation sites is 2. The quantitative estimate of drug-likeness (QED) is 0.500. The Hall–Kier alpha value is -3.17. The SMILES string of the molecule is COc1ccccc1OCC(=O)NC1CC(c2cccc([N+](=O)[O-])c2)NN1. The zero-order valence-corrected chi connectivity index (χ0v) is 14.7. The predicted molar refractivity (Wildman–Crippen MR) is 97.1 cm³/mol. The highest BCUT2D eigenvalue weighted by atomic mass is 16.6.